The smallest absolute Gasteiger partial charge is 0.142 e. The van der Waals surface area contributed by atoms with Gasteiger partial charge in [-0.1, -0.05) is 12.1 Å². The van der Waals surface area contributed by atoms with Gasteiger partial charge < -0.3 is 14.8 Å². The van der Waals surface area contributed by atoms with Crippen LogP contribution in [-0.2, 0) is 6.54 Å². The van der Waals surface area contributed by atoms with Gasteiger partial charge >= 0.3 is 0 Å². The van der Waals surface area contributed by atoms with Crippen molar-refractivity contribution in [2.45, 2.75) is 6.54 Å². The van der Waals surface area contributed by atoms with E-state index in [-0.39, 0.29) is 5.82 Å². The van der Waals surface area contributed by atoms with Gasteiger partial charge in [-0.15, -0.1) is 0 Å². The molecule has 0 heterocycles. The van der Waals surface area contributed by atoms with Crippen molar-refractivity contribution in [2.75, 3.05) is 19.5 Å². The van der Waals surface area contributed by atoms with Gasteiger partial charge in [-0.2, -0.15) is 0 Å². The SMILES string of the molecule is COc1ccc(OC)c(NCc2cccc(F)c2)c1. The molecule has 0 fully saturated rings. The Bertz CT molecular complexity index is 558. The highest BCUT2D eigenvalue weighted by Crippen LogP contribution is 2.29. The summed E-state index contributed by atoms with van der Waals surface area (Å²) in [6.07, 6.45) is 0. The van der Waals surface area contributed by atoms with Crippen molar-refractivity contribution in [1.82, 2.24) is 0 Å². The molecule has 0 aliphatic carbocycles. The standard InChI is InChI=1S/C15H16FNO2/c1-18-13-6-7-15(19-2)14(9-13)17-10-11-4-3-5-12(16)8-11/h3-9,17H,10H2,1-2H3. The first-order valence-corrected chi connectivity index (χ1v) is 5.93. The van der Waals surface area contributed by atoms with Gasteiger partial charge in [0.1, 0.15) is 17.3 Å². The first-order chi connectivity index (χ1) is 9.22. The Morgan fingerprint density at radius 1 is 1.05 bits per heavy atom. The third kappa shape index (κ3) is 3.37. The van der Waals surface area contributed by atoms with Crippen molar-refractivity contribution in [3.63, 3.8) is 0 Å². The second-order valence-corrected chi connectivity index (χ2v) is 4.05. The molecule has 0 saturated carbocycles. The van der Waals surface area contributed by atoms with Gasteiger partial charge in [0.25, 0.3) is 0 Å². The van der Waals surface area contributed by atoms with E-state index in [9.17, 15) is 4.39 Å². The third-order valence-electron chi connectivity index (χ3n) is 2.78. The number of methoxy groups -OCH3 is 2. The van der Waals surface area contributed by atoms with E-state index in [4.69, 9.17) is 9.47 Å². The zero-order valence-corrected chi connectivity index (χ0v) is 10.9. The van der Waals surface area contributed by atoms with Gasteiger partial charge in [0, 0.05) is 12.6 Å². The van der Waals surface area contributed by atoms with Crippen molar-refractivity contribution in [3.8, 4) is 11.5 Å². The average Bonchev–Trinajstić information content (AvgIpc) is 2.45. The molecule has 2 rings (SSSR count). The summed E-state index contributed by atoms with van der Waals surface area (Å²) in [5.41, 5.74) is 1.68. The minimum atomic E-state index is -0.239. The molecule has 0 unspecified atom stereocenters. The van der Waals surface area contributed by atoms with Crippen molar-refractivity contribution in [1.29, 1.82) is 0 Å². The number of halogens is 1. The molecule has 0 aliphatic rings. The molecule has 0 saturated heterocycles. The molecule has 4 heteroatoms. The summed E-state index contributed by atoms with van der Waals surface area (Å²) in [7, 11) is 3.22. The maximum Gasteiger partial charge on any atom is 0.142 e. The van der Waals surface area contributed by atoms with Crippen molar-refractivity contribution < 1.29 is 13.9 Å². The van der Waals surface area contributed by atoms with Crippen LogP contribution >= 0.6 is 0 Å². The van der Waals surface area contributed by atoms with Gasteiger partial charge in [0.2, 0.25) is 0 Å². The highest BCUT2D eigenvalue weighted by molar-refractivity contribution is 5.59. The molecule has 2 aromatic rings. The molecular weight excluding hydrogens is 245 g/mol. The van der Waals surface area contributed by atoms with Gasteiger partial charge in [0.05, 0.1) is 19.9 Å². The molecule has 1 N–H and O–H groups in total. The first-order valence-electron chi connectivity index (χ1n) is 5.93. The lowest BCUT2D eigenvalue weighted by atomic mass is 10.2. The van der Waals surface area contributed by atoms with Crippen molar-refractivity contribution in [3.05, 3.63) is 53.8 Å². The second kappa shape index (κ2) is 6.09. The molecule has 0 atom stereocenters. The Kier molecular flexibility index (Phi) is 4.23. The largest absolute Gasteiger partial charge is 0.497 e. The number of hydrogen-bond donors (Lipinski definition) is 1. The Morgan fingerprint density at radius 3 is 2.58 bits per heavy atom. The number of benzene rings is 2. The van der Waals surface area contributed by atoms with Crippen molar-refractivity contribution in [2.24, 2.45) is 0 Å². The van der Waals surface area contributed by atoms with Crippen LogP contribution < -0.4 is 14.8 Å². The van der Waals surface area contributed by atoms with Crippen LogP contribution in [0.5, 0.6) is 11.5 Å². The minimum Gasteiger partial charge on any atom is -0.497 e. The summed E-state index contributed by atoms with van der Waals surface area (Å²) in [4.78, 5) is 0. The van der Waals surface area contributed by atoms with Gasteiger partial charge in [0.15, 0.2) is 0 Å². The fourth-order valence-electron chi connectivity index (χ4n) is 1.80. The minimum absolute atomic E-state index is 0.239. The molecule has 0 amide bonds. The zero-order chi connectivity index (χ0) is 13.7. The van der Waals surface area contributed by atoms with Crippen LogP contribution in [0.2, 0.25) is 0 Å². The quantitative estimate of drug-likeness (QED) is 0.894. The predicted molar refractivity (Wildman–Crippen MR) is 73.3 cm³/mol. The van der Waals surface area contributed by atoms with Crippen LogP contribution in [0.15, 0.2) is 42.5 Å². The molecular formula is C15H16FNO2. The van der Waals surface area contributed by atoms with E-state index in [1.807, 2.05) is 24.3 Å². The van der Waals surface area contributed by atoms with Crippen LogP contribution in [-0.4, -0.2) is 14.2 Å². The van der Waals surface area contributed by atoms with E-state index in [1.165, 1.54) is 12.1 Å². The average molecular weight is 261 g/mol. The van der Waals surface area contributed by atoms with Gasteiger partial charge in [-0.05, 0) is 29.8 Å². The van der Waals surface area contributed by atoms with Crippen LogP contribution in [0.4, 0.5) is 10.1 Å². The third-order valence-corrected chi connectivity index (χ3v) is 2.78. The summed E-state index contributed by atoms with van der Waals surface area (Å²) in [6, 6.07) is 12.0. The molecule has 0 bridgehead atoms. The fourth-order valence-corrected chi connectivity index (χ4v) is 1.80. The molecule has 0 radical (unpaired) electrons. The highest BCUT2D eigenvalue weighted by Gasteiger charge is 2.05. The van der Waals surface area contributed by atoms with Gasteiger partial charge in [-0.3, -0.25) is 0 Å². The monoisotopic (exact) mass is 261 g/mol. The summed E-state index contributed by atoms with van der Waals surface area (Å²) in [5.74, 6) is 1.22. The van der Waals surface area contributed by atoms with Crippen LogP contribution in [0.25, 0.3) is 0 Å². The molecule has 0 aromatic heterocycles. The lowest BCUT2D eigenvalue weighted by molar-refractivity contribution is 0.404. The maximum absolute atomic E-state index is 13.1. The first kappa shape index (κ1) is 13.2. The predicted octanol–water partition coefficient (Wildman–Crippen LogP) is 3.46. The Labute approximate surface area is 112 Å². The normalized spacial score (nSPS) is 10.1. The molecule has 19 heavy (non-hydrogen) atoms. The van der Waals surface area contributed by atoms with E-state index >= 15 is 0 Å². The van der Waals surface area contributed by atoms with Crippen LogP contribution in [0, 0.1) is 5.82 Å². The van der Waals surface area contributed by atoms with E-state index in [2.05, 4.69) is 5.32 Å². The number of rotatable bonds is 5. The van der Waals surface area contributed by atoms with Crippen LogP contribution in [0.3, 0.4) is 0 Å². The van der Waals surface area contributed by atoms with E-state index in [0.717, 1.165) is 22.7 Å². The Morgan fingerprint density at radius 2 is 1.89 bits per heavy atom. The number of nitrogens with one attached hydrogen (secondary N) is 1. The zero-order valence-electron chi connectivity index (χ0n) is 10.9. The maximum atomic E-state index is 13.1. The highest BCUT2D eigenvalue weighted by atomic mass is 19.1. The molecule has 3 nitrogen and oxygen atoms in total. The van der Waals surface area contributed by atoms with E-state index in [0.29, 0.717) is 6.54 Å². The van der Waals surface area contributed by atoms with Gasteiger partial charge in [-0.25, -0.2) is 4.39 Å². The lowest BCUT2D eigenvalue weighted by Crippen LogP contribution is -2.02. The van der Waals surface area contributed by atoms with E-state index in [1.54, 1.807) is 20.3 Å². The number of anilines is 1. The summed E-state index contributed by atoms with van der Waals surface area (Å²) >= 11 is 0. The Hall–Kier alpha value is -2.23. The summed E-state index contributed by atoms with van der Waals surface area (Å²) in [5, 5.41) is 3.21. The molecule has 0 spiro atoms. The van der Waals surface area contributed by atoms with Crippen LogP contribution in [0.1, 0.15) is 5.56 Å². The summed E-state index contributed by atoms with van der Waals surface area (Å²) < 4.78 is 23.5. The topological polar surface area (TPSA) is 30.5 Å². The summed E-state index contributed by atoms with van der Waals surface area (Å²) in [6.45, 7) is 0.515. The molecule has 0 aliphatic heterocycles. The van der Waals surface area contributed by atoms with E-state index < -0.39 is 0 Å². The second-order valence-electron chi connectivity index (χ2n) is 4.05. The fraction of sp³-hybridized carbons (Fsp3) is 0.200. The molecule has 2 aromatic carbocycles. The Balaban J connectivity index is 2.14. The molecule has 100 valence electrons. The number of hydrogen-bond acceptors (Lipinski definition) is 3. The lowest BCUT2D eigenvalue weighted by Gasteiger charge is -2.12. The van der Waals surface area contributed by atoms with Crippen molar-refractivity contribution >= 4 is 5.69 Å². The number of ether oxygens (including phenoxy) is 2.